The van der Waals surface area contributed by atoms with Gasteiger partial charge >= 0.3 is 0 Å². The van der Waals surface area contributed by atoms with Gasteiger partial charge < -0.3 is 15.1 Å². The summed E-state index contributed by atoms with van der Waals surface area (Å²) in [4.78, 5) is 46.4. The van der Waals surface area contributed by atoms with Crippen LogP contribution < -0.4 is 5.32 Å². The zero-order chi connectivity index (χ0) is 23.4. The van der Waals surface area contributed by atoms with E-state index in [1.807, 2.05) is 42.3 Å². The minimum Gasteiger partial charge on any atom is -0.356 e. The zero-order valence-electron chi connectivity index (χ0n) is 19.4. The number of carbonyl (C=O) groups excluding carboxylic acids is 3. The Morgan fingerprint density at radius 2 is 2.03 bits per heavy atom. The Balaban J connectivity index is 1.63. The number of nitrogens with zero attached hydrogens (tertiary/aromatic N) is 3. The van der Waals surface area contributed by atoms with E-state index in [1.165, 1.54) is 0 Å². The molecule has 2 fully saturated rings. The highest BCUT2D eigenvalue weighted by Crippen LogP contribution is 2.38. The molecule has 0 aliphatic carbocycles. The molecule has 33 heavy (non-hydrogen) atoms. The first kappa shape index (κ1) is 23.0. The Morgan fingerprint density at radius 3 is 2.73 bits per heavy atom. The fourth-order valence-corrected chi connectivity index (χ4v) is 5.21. The molecule has 2 saturated heterocycles. The smallest absolute Gasteiger partial charge is 0.228 e. The van der Waals surface area contributed by atoms with E-state index >= 15 is 0 Å². The van der Waals surface area contributed by atoms with Gasteiger partial charge in [0.25, 0.3) is 0 Å². The summed E-state index contributed by atoms with van der Waals surface area (Å²) in [6, 6.07) is 12.0. The molecule has 0 radical (unpaired) electrons. The van der Waals surface area contributed by atoms with Crippen molar-refractivity contribution in [3.05, 3.63) is 54.4 Å². The molecular weight excluding hydrogens is 416 g/mol. The number of pyridine rings is 1. The number of aromatic nitrogens is 1. The van der Waals surface area contributed by atoms with Crippen LogP contribution in [0.1, 0.15) is 31.7 Å². The third-order valence-corrected chi connectivity index (χ3v) is 6.92. The van der Waals surface area contributed by atoms with Gasteiger partial charge in [0.1, 0.15) is 0 Å². The van der Waals surface area contributed by atoms with E-state index in [0.717, 1.165) is 23.1 Å². The number of hydrogen-bond donors (Lipinski definition) is 1. The van der Waals surface area contributed by atoms with E-state index in [2.05, 4.69) is 22.4 Å². The summed E-state index contributed by atoms with van der Waals surface area (Å²) >= 11 is 0. The molecule has 1 aromatic heterocycles. The van der Waals surface area contributed by atoms with Crippen LogP contribution in [0.15, 0.2) is 48.8 Å². The highest BCUT2D eigenvalue weighted by atomic mass is 16.2. The molecule has 2 unspecified atom stereocenters. The Morgan fingerprint density at radius 1 is 1.21 bits per heavy atom. The second-order valence-corrected chi connectivity index (χ2v) is 9.25. The van der Waals surface area contributed by atoms with Crippen molar-refractivity contribution in [1.82, 2.24) is 20.1 Å². The van der Waals surface area contributed by atoms with Crippen molar-refractivity contribution in [3.8, 4) is 11.1 Å². The average molecular weight is 449 g/mol. The number of amides is 3. The lowest BCUT2D eigenvalue weighted by Crippen LogP contribution is -2.55. The molecule has 4 rings (SSSR count). The van der Waals surface area contributed by atoms with Crippen molar-refractivity contribution < 1.29 is 14.4 Å². The summed E-state index contributed by atoms with van der Waals surface area (Å²) in [5, 5.41) is 3.03. The molecule has 1 N–H and O–H groups in total. The largest absolute Gasteiger partial charge is 0.356 e. The SMILES string of the molecule is CCNC(=O)C1(Cc2ccccc2-c2cccnc2)CCCN(C(=O)C2CC(=O)N(C)C2)C1. The summed E-state index contributed by atoms with van der Waals surface area (Å²) in [6.07, 6.45) is 5.85. The van der Waals surface area contributed by atoms with Crippen molar-refractivity contribution in [2.75, 3.05) is 33.2 Å². The highest BCUT2D eigenvalue weighted by molar-refractivity contribution is 5.90. The molecule has 1 aromatic carbocycles. The van der Waals surface area contributed by atoms with Gasteiger partial charge in [-0.25, -0.2) is 0 Å². The van der Waals surface area contributed by atoms with E-state index in [4.69, 9.17) is 0 Å². The molecule has 7 nitrogen and oxygen atoms in total. The first-order valence-electron chi connectivity index (χ1n) is 11.7. The molecule has 0 saturated carbocycles. The quantitative estimate of drug-likeness (QED) is 0.736. The van der Waals surface area contributed by atoms with Crippen molar-refractivity contribution >= 4 is 17.7 Å². The molecule has 7 heteroatoms. The Bertz CT molecular complexity index is 1030. The predicted molar refractivity (Wildman–Crippen MR) is 126 cm³/mol. The second kappa shape index (κ2) is 9.73. The van der Waals surface area contributed by atoms with E-state index in [0.29, 0.717) is 39.0 Å². The number of hydrogen-bond acceptors (Lipinski definition) is 4. The normalized spacial score (nSPS) is 23.0. The van der Waals surface area contributed by atoms with Crippen molar-refractivity contribution in [3.63, 3.8) is 0 Å². The molecule has 174 valence electrons. The highest BCUT2D eigenvalue weighted by Gasteiger charge is 2.45. The van der Waals surface area contributed by atoms with E-state index in [9.17, 15) is 14.4 Å². The maximum absolute atomic E-state index is 13.4. The number of benzene rings is 1. The minimum atomic E-state index is -0.712. The van der Waals surface area contributed by atoms with Crippen molar-refractivity contribution in [2.24, 2.45) is 11.3 Å². The van der Waals surface area contributed by atoms with Crippen LogP contribution >= 0.6 is 0 Å². The third-order valence-electron chi connectivity index (χ3n) is 6.92. The van der Waals surface area contributed by atoms with E-state index in [-0.39, 0.29) is 30.1 Å². The summed E-state index contributed by atoms with van der Waals surface area (Å²) < 4.78 is 0. The fourth-order valence-electron chi connectivity index (χ4n) is 5.21. The summed E-state index contributed by atoms with van der Waals surface area (Å²) in [6.45, 7) is 3.90. The average Bonchev–Trinajstić information content (AvgIpc) is 3.18. The number of carbonyl (C=O) groups is 3. The number of rotatable bonds is 6. The lowest BCUT2D eigenvalue weighted by Gasteiger charge is -2.42. The lowest BCUT2D eigenvalue weighted by atomic mass is 9.73. The Hall–Kier alpha value is -3.22. The summed E-state index contributed by atoms with van der Waals surface area (Å²) in [7, 11) is 1.74. The van der Waals surface area contributed by atoms with Crippen LogP contribution in [-0.4, -0.2) is 65.7 Å². The van der Waals surface area contributed by atoms with Gasteiger partial charge in [0.15, 0.2) is 0 Å². The van der Waals surface area contributed by atoms with Gasteiger partial charge in [-0.3, -0.25) is 19.4 Å². The standard InChI is InChI=1S/C26H32N4O3/c1-3-28-25(33)26(15-19-8-4-5-10-22(19)20-9-6-12-27-16-20)11-7-13-30(18-26)24(32)21-14-23(31)29(2)17-21/h4-6,8-10,12,16,21H,3,7,11,13-15,17-18H2,1-2H3,(H,28,33). The number of piperidine rings is 1. The fraction of sp³-hybridized carbons (Fsp3) is 0.462. The monoisotopic (exact) mass is 448 g/mol. The molecule has 3 amide bonds. The molecule has 2 atom stereocenters. The van der Waals surface area contributed by atoms with Gasteiger partial charge in [-0.15, -0.1) is 0 Å². The molecule has 0 spiro atoms. The van der Waals surface area contributed by atoms with Crippen LogP contribution in [0.2, 0.25) is 0 Å². The van der Waals surface area contributed by atoms with E-state index in [1.54, 1.807) is 18.1 Å². The molecular formula is C26H32N4O3. The van der Waals surface area contributed by atoms with Crippen molar-refractivity contribution in [2.45, 2.75) is 32.6 Å². The zero-order valence-corrected chi connectivity index (χ0v) is 19.4. The third kappa shape index (κ3) is 4.77. The Labute approximate surface area is 195 Å². The molecule has 2 aromatic rings. The maximum atomic E-state index is 13.4. The Kier molecular flexibility index (Phi) is 6.77. The molecule has 2 aliphatic rings. The van der Waals surface area contributed by atoms with Gasteiger partial charge in [0.2, 0.25) is 17.7 Å². The lowest BCUT2D eigenvalue weighted by molar-refractivity contribution is -0.144. The molecule has 2 aliphatic heterocycles. The number of likely N-dealkylation sites (tertiary alicyclic amines) is 2. The van der Waals surface area contributed by atoms with Crippen LogP contribution in [0.5, 0.6) is 0 Å². The second-order valence-electron chi connectivity index (χ2n) is 9.25. The van der Waals surface area contributed by atoms with E-state index < -0.39 is 5.41 Å². The first-order chi connectivity index (χ1) is 15.9. The first-order valence-corrected chi connectivity index (χ1v) is 11.7. The van der Waals surface area contributed by atoms with Crippen LogP contribution in [0.3, 0.4) is 0 Å². The van der Waals surface area contributed by atoms with Crippen LogP contribution in [0, 0.1) is 11.3 Å². The number of nitrogens with one attached hydrogen (secondary N) is 1. The van der Waals surface area contributed by atoms with Crippen LogP contribution in [-0.2, 0) is 20.8 Å². The molecule has 0 bridgehead atoms. The predicted octanol–water partition coefficient (Wildman–Crippen LogP) is 2.51. The van der Waals surface area contributed by atoms with Gasteiger partial charge in [-0.2, -0.15) is 0 Å². The van der Waals surface area contributed by atoms with Crippen LogP contribution in [0.25, 0.3) is 11.1 Å². The van der Waals surface area contributed by atoms with Gasteiger partial charge in [0, 0.05) is 57.6 Å². The topological polar surface area (TPSA) is 82.6 Å². The minimum absolute atomic E-state index is 0.00532. The maximum Gasteiger partial charge on any atom is 0.228 e. The summed E-state index contributed by atoms with van der Waals surface area (Å²) in [5.41, 5.74) is 2.43. The van der Waals surface area contributed by atoms with Gasteiger partial charge in [-0.1, -0.05) is 30.3 Å². The molecule has 3 heterocycles. The van der Waals surface area contributed by atoms with Crippen molar-refractivity contribution in [1.29, 1.82) is 0 Å². The summed E-state index contributed by atoms with van der Waals surface area (Å²) in [5.74, 6) is -0.342. The van der Waals surface area contributed by atoms with Gasteiger partial charge in [0.05, 0.1) is 11.3 Å². The van der Waals surface area contributed by atoms with Gasteiger partial charge in [-0.05, 0) is 43.4 Å². The van der Waals surface area contributed by atoms with Crippen LogP contribution in [0.4, 0.5) is 0 Å².